The molecule has 3 aromatic rings. The lowest BCUT2D eigenvalue weighted by molar-refractivity contribution is -0.140. The highest BCUT2D eigenvalue weighted by molar-refractivity contribution is 7.92. The molecule has 1 N–H and O–H groups in total. The Morgan fingerprint density at radius 2 is 1.58 bits per heavy atom. The largest absolute Gasteiger partial charge is 0.416 e. The molecule has 3 rings (SSSR count). The van der Waals surface area contributed by atoms with Gasteiger partial charge in [0, 0.05) is 13.1 Å². The highest BCUT2D eigenvalue weighted by atomic mass is 32.2. The number of carbonyl (C=O) groups is 2. The van der Waals surface area contributed by atoms with Crippen LogP contribution >= 0.6 is 0 Å². The summed E-state index contributed by atoms with van der Waals surface area (Å²) in [5.74, 6) is -1.11. The molecule has 0 saturated carbocycles. The van der Waals surface area contributed by atoms with Crippen LogP contribution in [0.15, 0.2) is 77.7 Å². The fourth-order valence-electron chi connectivity index (χ4n) is 4.64. The van der Waals surface area contributed by atoms with Gasteiger partial charge >= 0.3 is 6.18 Å². The highest BCUT2D eigenvalue weighted by Gasteiger charge is 2.36. The normalized spacial score (nSPS) is 12.4. The van der Waals surface area contributed by atoms with Crippen LogP contribution in [0.5, 0.6) is 0 Å². The van der Waals surface area contributed by atoms with Gasteiger partial charge in [-0.15, -0.1) is 0 Å². The molecule has 1 unspecified atom stereocenters. The van der Waals surface area contributed by atoms with Crippen molar-refractivity contribution in [1.29, 1.82) is 0 Å². The molecule has 0 spiro atoms. The van der Waals surface area contributed by atoms with E-state index in [4.69, 9.17) is 0 Å². The zero-order valence-electron chi connectivity index (χ0n) is 24.8. The maximum absolute atomic E-state index is 14.1. The lowest BCUT2D eigenvalue weighted by atomic mass is 10.1. The number of carbonyl (C=O) groups excluding carboxylic acids is 2. The lowest BCUT2D eigenvalue weighted by Gasteiger charge is -2.33. The van der Waals surface area contributed by atoms with Gasteiger partial charge in [-0.1, -0.05) is 73.9 Å². The number of anilines is 1. The molecule has 0 saturated heterocycles. The number of unbranched alkanes of at least 4 members (excludes halogenated alkanes) is 1. The number of sulfonamides is 1. The third kappa shape index (κ3) is 8.82. The lowest BCUT2D eigenvalue weighted by Crippen LogP contribution is -2.52. The average molecular weight is 618 g/mol. The van der Waals surface area contributed by atoms with E-state index >= 15 is 0 Å². The van der Waals surface area contributed by atoms with E-state index in [2.05, 4.69) is 5.32 Å². The molecule has 0 bridgehead atoms. The van der Waals surface area contributed by atoms with Crippen LogP contribution in [0.2, 0.25) is 0 Å². The summed E-state index contributed by atoms with van der Waals surface area (Å²) >= 11 is 0. The van der Waals surface area contributed by atoms with Crippen LogP contribution < -0.4 is 9.62 Å². The SMILES string of the molecule is CCCCNC(=O)C(CC)N(Cc1cccc(C)c1)C(=O)CN(c1cccc(C(F)(F)F)c1)S(=O)(=O)c1ccc(C)cc1. The van der Waals surface area contributed by atoms with Crippen LogP contribution in [0.1, 0.15) is 55.4 Å². The molecule has 11 heteroatoms. The molecule has 1 atom stereocenters. The minimum absolute atomic E-state index is 0.00122. The molecule has 232 valence electrons. The number of nitrogens with one attached hydrogen (secondary N) is 1. The molecule has 0 heterocycles. The van der Waals surface area contributed by atoms with E-state index in [1.807, 2.05) is 32.0 Å². The predicted molar refractivity (Wildman–Crippen MR) is 161 cm³/mol. The quantitative estimate of drug-likeness (QED) is 0.230. The Bertz CT molecular complexity index is 1510. The number of hydrogen-bond donors (Lipinski definition) is 1. The van der Waals surface area contributed by atoms with Gasteiger partial charge in [-0.3, -0.25) is 13.9 Å². The van der Waals surface area contributed by atoms with Crippen molar-refractivity contribution in [3.63, 3.8) is 0 Å². The smallest absolute Gasteiger partial charge is 0.354 e. The van der Waals surface area contributed by atoms with Gasteiger partial charge in [-0.25, -0.2) is 8.42 Å². The zero-order valence-corrected chi connectivity index (χ0v) is 25.6. The van der Waals surface area contributed by atoms with Crippen molar-refractivity contribution in [3.05, 3.63) is 95.1 Å². The minimum atomic E-state index is -4.74. The number of halogens is 3. The highest BCUT2D eigenvalue weighted by Crippen LogP contribution is 2.33. The first-order valence-corrected chi connectivity index (χ1v) is 15.6. The Balaban J connectivity index is 2.10. The van der Waals surface area contributed by atoms with E-state index in [0.717, 1.165) is 41.7 Å². The number of benzene rings is 3. The molecule has 0 aliphatic heterocycles. The molecule has 0 aliphatic rings. The van der Waals surface area contributed by atoms with Crippen LogP contribution in [-0.2, 0) is 32.3 Å². The van der Waals surface area contributed by atoms with E-state index < -0.39 is 40.3 Å². The summed E-state index contributed by atoms with van der Waals surface area (Å²) < 4.78 is 69.4. The predicted octanol–water partition coefficient (Wildman–Crippen LogP) is 6.24. The molecule has 3 aromatic carbocycles. The number of nitrogens with zero attached hydrogens (tertiary/aromatic N) is 2. The first-order chi connectivity index (χ1) is 20.3. The molecular formula is C32H38F3N3O4S. The third-order valence-corrected chi connectivity index (χ3v) is 8.79. The Kier molecular flexibility index (Phi) is 11.4. The number of aryl methyl sites for hydroxylation is 2. The summed E-state index contributed by atoms with van der Waals surface area (Å²) in [5, 5.41) is 2.85. The fraction of sp³-hybridized carbons (Fsp3) is 0.375. The maximum atomic E-state index is 14.1. The van der Waals surface area contributed by atoms with Crippen molar-refractivity contribution in [2.45, 2.75) is 70.6 Å². The minimum Gasteiger partial charge on any atom is -0.354 e. The Morgan fingerprint density at radius 3 is 2.19 bits per heavy atom. The third-order valence-electron chi connectivity index (χ3n) is 7.00. The van der Waals surface area contributed by atoms with Gasteiger partial charge in [0.2, 0.25) is 11.8 Å². The monoisotopic (exact) mass is 617 g/mol. The van der Waals surface area contributed by atoms with Gasteiger partial charge in [0.05, 0.1) is 16.1 Å². The fourth-order valence-corrected chi connectivity index (χ4v) is 6.04. The van der Waals surface area contributed by atoms with Gasteiger partial charge in [-0.2, -0.15) is 13.2 Å². The van der Waals surface area contributed by atoms with Crippen molar-refractivity contribution in [1.82, 2.24) is 10.2 Å². The van der Waals surface area contributed by atoms with Crippen molar-refractivity contribution >= 4 is 27.5 Å². The van der Waals surface area contributed by atoms with Crippen molar-refractivity contribution < 1.29 is 31.2 Å². The summed E-state index contributed by atoms with van der Waals surface area (Å²) in [6.07, 6.45) is -2.90. The molecular weight excluding hydrogens is 579 g/mol. The molecule has 0 aromatic heterocycles. The van der Waals surface area contributed by atoms with Gasteiger partial charge in [0.15, 0.2) is 0 Å². The summed E-state index contributed by atoms with van der Waals surface area (Å²) in [6, 6.07) is 16.1. The molecule has 0 aliphatic carbocycles. The number of alkyl halides is 3. The van der Waals surface area contributed by atoms with Gasteiger partial charge in [0.25, 0.3) is 10.0 Å². The zero-order chi connectivity index (χ0) is 31.8. The van der Waals surface area contributed by atoms with E-state index in [0.29, 0.717) is 16.9 Å². The molecule has 0 fully saturated rings. The van der Waals surface area contributed by atoms with Crippen molar-refractivity contribution in [2.24, 2.45) is 0 Å². The summed E-state index contributed by atoms with van der Waals surface area (Å²) in [7, 11) is -4.49. The molecule has 2 amide bonds. The van der Waals surface area contributed by atoms with Crippen LogP contribution in [0.25, 0.3) is 0 Å². The summed E-state index contributed by atoms with van der Waals surface area (Å²) in [6.45, 7) is 6.97. The second kappa shape index (κ2) is 14.5. The Morgan fingerprint density at radius 1 is 0.907 bits per heavy atom. The van der Waals surface area contributed by atoms with Crippen LogP contribution in [-0.4, -0.2) is 44.3 Å². The first kappa shape index (κ1) is 33.6. The second-order valence-corrected chi connectivity index (χ2v) is 12.3. The van der Waals surface area contributed by atoms with Crippen molar-refractivity contribution in [2.75, 3.05) is 17.4 Å². The first-order valence-electron chi connectivity index (χ1n) is 14.2. The molecule has 7 nitrogen and oxygen atoms in total. The number of amides is 2. The number of rotatable bonds is 13. The maximum Gasteiger partial charge on any atom is 0.416 e. The number of hydrogen-bond acceptors (Lipinski definition) is 4. The topological polar surface area (TPSA) is 86.8 Å². The van der Waals surface area contributed by atoms with E-state index in [1.54, 1.807) is 32.0 Å². The van der Waals surface area contributed by atoms with Crippen LogP contribution in [0.3, 0.4) is 0 Å². The van der Waals surface area contributed by atoms with E-state index in [-0.39, 0.29) is 29.5 Å². The molecule has 43 heavy (non-hydrogen) atoms. The van der Waals surface area contributed by atoms with Gasteiger partial charge in [0.1, 0.15) is 12.6 Å². The van der Waals surface area contributed by atoms with Gasteiger partial charge in [-0.05, 0) is 62.6 Å². The summed E-state index contributed by atoms with van der Waals surface area (Å²) in [4.78, 5) is 28.5. The van der Waals surface area contributed by atoms with Gasteiger partial charge < -0.3 is 10.2 Å². The second-order valence-electron chi connectivity index (χ2n) is 10.5. The molecule has 0 radical (unpaired) electrons. The van der Waals surface area contributed by atoms with E-state index in [9.17, 15) is 31.2 Å². The van der Waals surface area contributed by atoms with Crippen molar-refractivity contribution in [3.8, 4) is 0 Å². The summed E-state index contributed by atoms with van der Waals surface area (Å²) in [5.41, 5.74) is 1.06. The Labute approximate surface area is 251 Å². The Hall–Kier alpha value is -3.86. The average Bonchev–Trinajstić information content (AvgIpc) is 2.95. The van der Waals surface area contributed by atoms with E-state index in [1.165, 1.54) is 23.1 Å². The standard InChI is InChI=1S/C32H38F3N3O4S/c1-5-7-18-36-31(40)29(6-2)37(21-25-11-8-10-24(4)19-25)30(39)22-38(27-13-9-12-26(20-27)32(33,34)35)43(41,42)28-16-14-23(3)15-17-28/h8-17,19-20,29H,5-7,18,21-22H2,1-4H3,(H,36,40). The van der Waals surface area contributed by atoms with Crippen LogP contribution in [0.4, 0.5) is 18.9 Å². The van der Waals surface area contributed by atoms with Crippen LogP contribution in [0, 0.1) is 13.8 Å².